The molecule has 1 aliphatic rings. The maximum Gasteiger partial charge on any atom is 0.252 e. The Hall–Kier alpha value is -0.360. The van der Waals surface area contributed by atoms with E-state index in [-0.39, 0.29) is 31.0 Å². The molecule has 2 unspecified atom stereocenters. The van der Waals surface area contributed by atoms with Gasteiger partial charge in [0, 0.05) is 33.9 Å². The van der Waals surface area contributed by atoms with E-state index in [1.165, 1.54) is 7.11 Å². The molecule has 2 atom stereocenters. The second-order valence-electron chi connectivity index (χ2n) is 3.81. The summed E-state index contributed by atoms with van der Waals surface area (Å²) in [4.78, 5) is 13.4. The number of nitrogens with zero attached hydrogens (tertiary/aromatic N) is 1. The average Bonchev–Trinajstić information content (AvgIpc) is 2.72. The number of likely N-dealkylation sites (N-methyl/N-ethyl adjacent to an activating group) is 1. The molecule has 2 N–H and O–H groups in total. The third-order valence-electron chi connectivity index (χ3n) is 2.65. The zero-order valence-electron chi connectivity index (χ0n) is 9.85. The summed E-state index contributed by atoms with van der Waals surface area (Å²) in [6.07, 6.45) is 1.75. The van der Waals surface area contributed by atoms with Gasteiger partial charge in [0.1, 0.15) is 6.10 Å². The fourth-order valence-corrected chi connectivity index (χ4v) is 1.73. The van der Waals surface area contributed by atoms with Gasteiger partial charge in [0.15, 0.2) is 0 Å². The topological polar surface area (TPSA) is 64.8 Å². The van der Waals surface area contributed by atoms with Gasteiger partial charge in [-0.15, -0.1) is 12.4 Å². The van der Waals surface area contributed by atoms with Crippen LogP contribution in [0.3, 0.4) is 0 Å². The molecule has 1 amide bonds. The Balaban J connectivity index is 0.00000225. The summed E-state index contributed by atoms with van der Waals surface area (Å²) >= 11 is 0. The van der Waals surface area contributed by atoms with Crippen LogP contribution < -0.4 is 5.73 Å². The number of nitrogens with two attached hydrogens (primary N) is 1. The van der Waals surface area contributed by atoms with Crippen LogP contribution in [0.4, 0.5) is 0 Å². The van der Waals surface area contributed by atoms with Crippen molar-refractivity contribution in [2.75, 3.05) is 33.9 Å². The Morgan fingerprint density at radius 1 is 1.69 bits per heavy atom. The molecule has 1 fully saturated rings. The molecule has 0 aromatic heterocycles. The Bertz CT molecular complexity index is 206. The molecule has 6 heteroatoms. The molecule has 0 aromatic carbocycles. The van der Waals surface area contributed by atoms with E-state index in [1.54, 1.807) is 11.9 Å². The lowest BCUT2D eigenvalue weighted by atomic mass is 10.2. The van der Waals surface area contributed by atoms with E-state index in [1.807, 2.05) is 0 Å². The summed E-state index contributed by atoms with van der Waals surface area (Å²) in [6, 6.07) is 0. The Kier molecular flexibility index (Phi) is 7.66. The summed E-state index contributed by atoms with van der Waals surface area (Å²) in [5, 5.41) is 0. The highest BCUT2D eigenvalue weighted by atomic mass is 35.5. The minimum Gasteiger partial charge on any atom is -0.376 e. The van der Waals surface area contributed by atoms with Gasteiger partial charge < -0.3 is 20.1 Å². The van der Waals surface area contributed by atoms with Crippen LogP contribution in [0.25, 0.3) is 0 Å². The largest absolute Gasteiger partial charge is 0.376 e. The lowest BCUT2D eigenvalue weighted by molar-refractivity contribution is -0.141. The van der Waals surface area contributed by atoms with E-state index in [0.717, 1.165) is 19.4 Å². The summed E-state index contributed by atoms with van der Waals surface area (Å²) in [5.41, 5.74) is 5.43. The predicted octanol–water partition coefficient (Wildman–Crippen LogP) is 0.0193. The second-order valence-corrected chi connectivity index (χ2v) is 3.81. The zero-order chi connectivity index (χ0) is 11.3. The van der Waals surface area contributed by atoms with Crippen LogP contribution >= 0.6 is 12.4 Å². The zero-order valence-corrected chi connectivity index (χ0v) is 10.7. The Morgan fingerprint density at radius 3 is 2.81 bits per heavy atom. The maximum atomic E-state index is 11.8. The van der Waals surface area contributed by atoms with Gasteiger partial charge in [-0.05, 0) is 12.8 Å². The molecule has 1 aliphatic heterocycles. The van der Waals surface area contributed by atoms with Gasteiger partial charge in [0.2, 0.25) is 0 Å². The normalized spacial score (nSPS) is 21.3. The van der Waals surface area contributed by atoms with Gasteiger partial charge in [-0.3, -0.25) is 4.79 Å². The maximum absolute atomic E-state index is 11.8. The molecule has 0 bridgehead atoms. The number of halogens is 1. The molecule has 0 radical (unpaired) electrons. The minimum absolute atomic E-state index is 0. The molecular formula is C10H21ClN2O3. The van der Waals surface area contributed by atoms with Crippen molar-refractivity contribution in [2.45, 2.75) is 25.0 Å². The first-order valence-corrected chi connectivity index (χ1v) is 5.28. The van der Waals surface area contributed by atoms with Crippen molar-refractivity contribution in [2.24, 2.45) is 5.73 Å². The summed E-state index contributed by atoms with van der Waals surface area (Å²) in [6.45, 7) is 1.64. The quantitative estimate of drug-likeness (QED) is 0.749. The number of ether oxygens (including phenoxy) is 2. The third kappa shape index (κ3) is 4.25. The first-order valence-electron chi connectivity index (χ1n) is 5.28. The molecule has 1 heterocycles. The molecule has 96 valence electrons. The van der Waals surface area contributed by atoms with Gasteiger partial charge in [0.05, 0.1) is 6.10 Å². The van der Waals surface area contributed by atoms with Crippen molar-refractivity contribution in [1.29, 1.82) is 0 Å². The van der Waals surface area contributed by atoms with Crippen molar-refractivity contribution in [1.82, 2.24) is 4.90 Å². The van der Waals surface area contributed by atoms with Gasteiger partial charge in [0.25, 0.3) is 5.91 Å². The standard InChI is InChI=1S/C10H20N2O3.ClH/c1-12(7-8-4-3-5-15-8)10(13)9(6-11)14-2;/h8-9H,3-7,11H2,1-2H3;1H. The first kappa shape index (κ1) is 15.6. The number of methoxy groups -OCH3 is 1. The highest BCUT2D eigenvalue weighted by molar-refractivity contribution is 5.85. The van der Waals surface area contributed by atoms with Gasteiger partial charge in [-0.1, -0.05) is 0 Å². The molecule has 1 saturated heterocycles. The van der Waals surface area contributed by atoms with E-state index < -0.39 is 6.10 Å². The number of hydrogen-bond acceptors (Lipinski definition) is 4. The van der Waals surface area contributed by atoms with E-state index in [0.29, 0.717) is 6.54 Å². The van der Waals surface area contributed by atoms with Gasteiger partial charge >= 0.3 is 0 Å². The van der Waals surface area contributed by atoms with Crippen molar-refractivity contribution in [3.8, 4) is 0 Å². The lowest BCUT2D eigenvalue weighted by Gasteiger charge is -2.24. The molecular weight excluding hydrogens is 232 g/mol. The highest BCUT2D eigenvalue weighted by Gasteiger charge is 2.24. The summed E-state index contributed by atoms with van der Waals surface area (Å²) in [5.74, 6) is -0.0736. The van der Waals surface area contributed by atoms with Gasteiger partial charge in [-0.25, -0.2) is 0 Å². The van der Waals surface area contributed by atoms with E-state index >= 15 is 0 Å². The highest BCUT2D eigenvalue weighted by Crippen LogP contribution is 2.13. The minimum atomic E-state index is -0.531. The van der Waals surface area contributed by atoms with Crippen LogP contribution in [0.15, 0.2) is 0 Å². The molecule has 0 aliphatic carbocycles. The Labute approximate surface area is 103 Å². The summed E-state index contributed by atoms with van der Waals surface area (Å²) in [7, 11) is 3.25. The molecule has 16 heavy (non-hydrogen) atoms. The van der Waals surface area contributed by atoms with Crippen molar-refractivity contribution >= 4 is 18.3 Å². The predicted molar refractivity (Wildman–Crippen MR) is 63.7 cm³/mol. The van der Waals surface area contributed by atoms with Crippen LogP contribution in [0.5, 0.6) is 0 Å². The van der Waals surface area contributed by atoms with E-state index in [9.17, 15) is 4.79 Å². The molecule has 1 rings (SSSR count). The van der Waals surface area contributed by atoms with Crippen molar-refractivity contribution < 1.29 is 14.3 Å². The average molecular weight is 253 g/mol. The molecule has 0 spiro atoms. The second kappa shape index (κ2) is 7.84. The van der Waals surface area contributed by atoms with Crippen molar-refractivity contribution in [3.05, 3.63) is 0 Å². The fraction of sp³-hybridized carbons (Fsp3) is 0.900. The van der Waals surface area contributed by atoms with Crippen LogP contribution in [0.2, 0.25) is 0 Å². The van der Waals surface area contributed by atoms with Crippen LogP contribution in [0, 0.1) is 0 Å². The van der Waals surface area contributed by atoms with Crippen LogP contribution in [-0.2, 0) is 14.3 Å². The SMILES string of the molecule is COC(CN)C(=O)N(C)CC1CCCO1.Cl. The first-order chi connectivity index (χ1) is 7.19. The van der Waals surface area contributed by atoms with Gasteiger partial charge in [-0.2, -0.15) is 0 Å². The van der Waals surface area contributed by atoms with Crippen LogP contribution in [-0.4, -0.2) is 56.9 Å². The number of carbonyl (C=O) groups excluding carboxylic acids is 1. The summed E-state index contributed by atoms with van der Waals surface area (Å²) < 4.78 is 10.4. The number of hydrogen-bond donors (Lipinski definition) is 1. The Morgan fingerprint density at radius 2 is 2.38 bits per heavy atom. The third-order valence-corrected chi connectivity index (χ3v) is 2.65. The van der Waals surface area contributed by atoms with Crippen LogP contribution in [0.1, 0.15) is 12.8 Å². The smallest absolute Gasteiger partial charge is 0.252 e. The molecule has 0 aromatic rings. The monoisotopic (exact) mass is 252 g/mol. The number of carbonyl (C=O) groups is 1. The molecule has 5 nitrogen and oxygen atoms in total. The molecule has 0 saturated carbocycles. The number of rotatable bonds is 5. The fourth-order valence-electron chi connectivity index (χ4n) is 1.73. The van der Waals surface area contributed by atoms with E-state index in [4.69, 9.17) is 15.2 Å². The lowest BCUT2D eigenvalue weighted by Crippen LogP contribution is -2.44. The van der Waals surface area contributed by atoms with Crippen molar-refractivity contribution in [3.63, 3.8) is 0 Å². The number of amides is 1. The van der Waals surface area contributed by atoms with E-state index in [2.05, 4.69) is 0 Å².